The number of benzene rings is 9. The first kappa shape index (κ1) is 31.6. The summed E-state index contributed by atoms with van der Waals surface area (Å²) in [7, 11) is 0. The number of hydrogen-bond acceptors (Lipinski definition) is 2. The second-order valence-corrected chi connectivity index (χ2v) is 13.8. The lowest BCUT2D eigenvalue weighted by Gasteiger charge is -2.27. The van der Waals surface area contributed by atoms with Crippen LogP contribution in [0.1, 0.15) is 0 Å². The Bertz CT molecular complexity index is 2870. The van der Waals surface area contributed by atoms with Crippen LogP contribution in [0.4, 0.5) is 17.1 Å². The molecule has 0 aliphatic carbocycles. The van der Waals surface area contributed by atoms with Crippen LogP contribution in [0.2, 0.25) is 0 Å². The summed E-state index contributed by atoms with van der Waals surface area (Å²) in [5, 5.41) is 4.73. The minimum absolute atomic E-state index is 0.864. The van der Waals surface area contributed by atoms with Crippen molar-refractivity contribution < 1.29 is 4.42 Å². The molecule has 0 spiro atoms. The van der Waals surface area contributed by atoms with Crippen LogP contribution in [-0.2, 0) is 0 Å². The average molecular weight is 690 g/mol. The molecule has 0 radical (unpaired) electrons. The molecule has 1 aromatic heterocycles. The van der Waals surface area contributed by atoms with E-state index in [1.165, 1.54) is 38.6 Å². The molecule has 0 saturated carbocycles. The van der Waals surface area contributed by atoms with Crippen LogP contribution in [0.3, 0.4) is 0 Å². The van der Waals surface area contributed by atoms with E-state index >= 15 is 0 Å². The normalized spacial score (nSPS) is 11.3. The number of anilines is 3. The second kappa shape index (κ2) is 13.4. The van der Waals surface area contributed by atoms with Crippen molar-refractivity contribution in [3.8, 4) is 44.5 Å². The van der Waals surface area contributed by atoms with Gasteiger partial charge in [-0.2, -0.15) is 0 Å². The van der Waals surface area contributed by atoms with E-state index in [2.05, 4.69) is 205 Å². The molecule has 0 amide bonds. The Balaban J connectivity index is 1.10. The molecule has 0 aliphatic rings. The molecule has 254 valence electrons. The summed E-state index contributed by atoms with van der Waals surface area (Å²) in [6, 6.07) is 76.0. The van der Waals surface area contributed by atoms with Gasteiger partial charge in [0.1, 0.15) is 11.2 Å². The van der Waals surface area contributed by atoms with E-state index in [0.717, 1.165) is 55.7 Å². The maximum atomic E-state index is 6.42. The van der Waals surface area contributed by atoms with E-state index in [9.17, 15) is 0 Å². The Morgan fingerprint density at radius 2 is 0.778 bits per heavy atom. The summed E-state index contributed by atoms with van der Waals surface area (Å²) in [5.74, 6) is 0. The van der Waals surface area contributed by atoms with Gasteiger partial charge in [0.2, 0.25) is 0 Å². The Labute approximate surface area is 314 Å². The fourth-order valence-electron chi connectivity index (χ4n) is 7.69. The fraction of sp³-hybridized carbons (Fsp3) is 0. The zero-order chi connectivity index (χ0) is 35.8. The van der Waals surface area contributed by atoms with Crippen molar-refractivity contribution in [2.45, 2.75) is 0 Å². The average Bonchev–Trinajstić information content (AvgIpc) is 3.62. The van der Waals surface area contributed by atoms with Gasteiger partial charge < -0.3 is 9.32 Å². The largest absolute Gasteiger partial charge is 0.456 e. The molecule has 0 saturated heterocycles. The molecule has 0 aliphatic heterocycles. The lowest BCUT2D eigenvalue weighted by molar-refractivity contribution is 0.669. The van der Waals surface area contributed by atoms with Crippen molar-refractivity contribution in [3.63, 3.8) is 0 Å². The maximum Gasteiger partial charge on any atom is 0.137 e. The van der Waals surface area contributed by atoms with Crippen LogP contribution in [0.15, 0.2) is 217 Å². The van der Waals surface area contributed by atoms with E-state index in [4.69, 9.17) is 4.42 Å². The third-order valence-electron chi connectivity index (χ3n) is 10.4. The third kappa shape index (κ3) is 5.90. The number of furan rings is 1. The van der Waals surface area contributed by atoms with Crippen molar-refractivity contribution in [2.75, 3.05) is 4.90 Å². The van der Waals surface area contributed by atoms with Crippen molar-refractivity contribution in [2.24, 2.45) is 0 Å². The van der Waals surface area contributed by atoms with Gasteiger partial charge in [0.15, 0.2) is 0 Å². The number of para-hydroxylation sites is 1. The van der Waals surface area contributed by atoms with Gasteiger partial charge >= 0.3 is 0 Å². The van der Waals surface area contributed by atoms with Crippen LogP contribution in [0.25, 0.3) is 77.2 Å². The number of hydrogen-bond donors (Lipinski definition) is 0. The number of rotatable bonds is 7. The molecular formula is C52H35NO. The van der Waals surface area contributed by atoms with Gasteiger partial charge in [-0.1, -0.05) is 146 Å². The van der Waals surface area contributed by atoms with Gasteiger partial charge in [0, 0.05) is 33.9 Å². The van der Waals surface area contributed by atoms with Crippen molar-refractivity contribution in [1.29, 1.82) is 0 Å². The zero-order valence-electron chi connectivity index (χ0n) is 29.6. The monoisotopic (exact) mass is 689 g/mol. The predicted octanol–water partition coefficient (Wildman–Crippen LogP) is 14.9. The van der Waals surface area contributed by atoms with E-state index in [1.807, 2.05) is 12.1 Å². The van der Waals surface area contributed by atoms with Gasteiger partial charge in [0.25, 0.3) is 0 Å². The summed E-state index contributed by atoms with van der Waals surface area (Å²) in [5.41, 5.74) is 14.3. The highest BCUT2D eigenvalue weighted by molar-refractivity contribution is 6.06. The van der Waals surface area contributed by atoms with Gasteiger partial charge in [-0.25, -0.2) is 0 Å². The molecule has 0 N–H and O–H groups in total. The number of fused-ring (bicyclic) bond motifs is 4. The van der Waals surface area contributed by atoms with Crippen molar-refractivity contribution in [1.82, 2.24) is 0 Å². The summed E-state index contributed by atoms with van der Waals surface area (Å²) in [6.07, 6.45) is 0. The first-order valence-electron chi connectivity index (χ1n) is 18.4. The van der Waals surface area contributed by atoms with Crippen molar-refractivity contribution >= 4 is 49.8 Å². The highest BCUT2D eigenvalue weighted by Gasteiger charge is 2.18. The van der Waals surface area contributed by atoms with Crippen molar-refractivity contribution in [3.05, 3.63) is 212 Å². The molecule has 0 unspecified atom stereocenters. The SMILES string of the molecule is c1ccc(-c2cc(-c3ccccc3)cc(N(c3ccc(-c4cccc(-c5ccc6ccccc6c5)c4)cc3)c3ccc4c(c3)oc3ccccc34)c2)cc1. The Morgan fingerprint density at radius 3 is 1.52 bits per heavy atom. The molecule has 2 nitrogen and oxygen atoms in total. The smallest absolute Gasteiger partial charge is 0.137 e. The lowest BCUT2D eigenvalue weighted by atomic mass is 9.96. The predicted molar refractivity (Wildman–Crippen MR) is 228 cm³/mol. The summed E-state index contributed by atoms with van der Waals surface area (Å²) < 4.78 is 6.42. The quantitative estimate of drug-likeness (QED) is 0.166. The Kier molecular flexibility index (Phi) is 7.85. The molecular weight excluding hydrogens is 655 g/mol. The Hall–Kier alpha value is -7.16. The molecule has 10 aromatic rings. The highest BCUT2D eigenvalue weighted by atomic mass is 16.3. The van der Waals surface area contributed by atoms with E-state index < -0.39 is 0 Å². The maximum absolute atomic E-state index is 6.42. The highest BCUT2D eigenvalue weighted by Crippen LogP contribution is 2.42. The molecule has 1 heterocycles. The zero-order valence-corrected chi connectivity index (χ0v) is 29.6. The van der Waals surface area contributed by atoms with Crippen LogP contribution in [0.5, 0.6) is 0 Å². The fourth-order valence-corrected chi connectivity index (χ4v) is 7.69. The Morgan fingerprint density at radius 1 is 0.259 bits per heavy atom. The van der Waals surface area contributed by atoms with Crippen LogP contribution >= 0.6 is 0 Å². The van der Waals surface area contributed by atoms with E-state index in [0.29, 0.717) is 0 Å². The molecule has 9 aromatic carbocycles. The van der Waals surface area contributed by atoms with Gasteiger partial charge in [-0.15, -0.1) is 0 Å². The minimum Gasteiger partial charge on any atom is -0.456 e. The lowest BCUT2D eigenvalue weighted by Crippen LogP contribution is -2.10. The van der Waals surface area contributed by atoms with Crippen LogP contribution in [0, 0.1) is 0 Å². The number of nitrogens with zero attached hydrogens (tertiary/aromatic N) is 1. The molecule has 0 bridgehead atoms. The second-order valence-electron chi connectivity index (χ2n) is 13.8. The van der Waals surface area contributed by atoms with Crippen LogP contribution in [-0.4, -0.2) is 0 Å². The summed E-state index contributed by atoms with van der Waals surface area (Å²) in [4.78, 5) is 2.35. The standard InChI is InChI=1S/C52H35NO/c1-3-12-36(13-4-1)44-32-45(37-14-5-2-6-15-37)34-48(33-44)53(47-28-29-50-49-20-9-10-21-51(49)54-52(50)35-47)46-26-24-39(25-27-46)41-18-11-19-42(30-41)43-23-22-38-16-7-8-17-40(38)31-43/h1-35H. The minimum atomic E-state index is 0.864. The van der Waals surface area contributed by atoms with Gasteiger partial charge in [0.05, 0.1) is 0 Å². The molecule has 0 fully saturated rings. The summed E-state index contributed by atoms with van der Waals surface area (Å²) >= 11 is 0. The molecule has 2 heteroatoms. The molecule has 10 rings (SSSR count). The topological polar surface area (TPSA) is 16.4 Å². The van der Waals surface area contributed by atoms with Crippen LogP contribution < -0.4 is 4.90 Å². The third-order valence-corrected chi connectivity index (χ3v) is 10.4. The summed E-state index contributed by atoms with van der Waals surface area (Å²) in [6.45, 7) is 0. The van der Waals surface area contributed by atoms with Gasteiger partial charge in [-0.05, 0) is 116 Å². The molecule has 0 atom stereocenters. The molecule has 54 heavy (non-hydrogen) atoms. The van der Waals surface area contributed by atoms with E-state index in [1.54, 1.807) is 0 Å². The van der Waals surface area contributed by atoms with E-state index in [-0.39, 0.29) is 0 Å². The first-order chi connectivity index (χ1) is 26.7. The van der Waals surface area contributed by atoms with Gasteiger partial charge in [-0.3, -0.25) is 0 Å². The first-order valence-corrected chi connectivity index (χ1v) is 18.4.